The van der Waals surface area contributed by atoms with E-state index in [9.17, 15) is 5.26 Å². The predicted octanol–water partition coefficient (Wildman–Crippen LogP) is 4.58. The highest BCUT2D eigenvalue weighted by Crippen LogP contribution is 2.23. The number of halogens is 1. The molecule has 1 atom stereocenters. The zero-order chi connectivity index (χ0) is 12.8. The van der Waals surface area contributed by atoms with Crippen molar-refractivity contribution in [1.29, 1.82) is 5.26 Å². The molecule has 90 valence electrons. The molecule has 0 bridgehead atoms. The number of nitrogens with zero attached hydrogens (tertiary/aromatic N) is 1. The molecule has 0 amide bonds. The first-order chi connectivity index (χ1) is 8.79. The lowest BCUT2D eigenvalue weighted by atomic mass is 9.94. The van der Waals surface area contributed by atoms with Crippen LogP contribution in [0.25, 0.3) is 0 Å². The smallest absolute Gasteiger partial charge is 0.0716 e. The molecule has 2 heteroatoms. The van der Waals surface area contributed by atoms with Crippen LogP contribution in [0.3, 0.4) is 0 Å². The Hall–Kier alpha value is -1.78. The van der Waals surface area contributed by atoms with Crippen molar-refractivity contribution in [1.82, 2.24) is 0 Å². The monoisotopic (exact) mass is 255 g/mol. The molecule has 0 radical (unpaired) electrons. The van der Waals surface area contributed by atoms with Crippen molar-refractivity contribution in [3.63, 3.8) is 0 Å². The van der Waals surface area contributed by atoms with E-state index in [1.54, 1.807) is 0 Å². The van der Waals surface area contributed by atoms with Gasteiger partial charge in [-0.25, -0.2) is 0 Å². The first-order valence-corrected chi connectivity index (χ1v) is 6.36. The minimum absolute atomic E-state index is 0.0936. The summed E-state index contributed by atoms with van der Waals surface area (Å²) in [6.45, 7) is 0. The van der Waals surface area contributed by atoms with Crippen molar-refractivity contribution in [3.8, 4) is 6.07 Å². The van der Waals surface area contributed by atoms with Gasteiger partial charge in [-0.05, 0) is 36.1 Å². The first kappa shape index (κ1) is 12.7. The topological polar surface area (TPSA) is 23.8 Å². The number of aryl methyl sites for hydroxylation is 1. The second-order valence-electron chi connectivity index (χ2n) is 4.26. The normalized spacial score (nSPS) is 11.8. The van der Waals surface area contributed by atoms with Gasteiger partial charge in [0.15, 0.2) is 0 Å². The average Bonchev–Trinajstić information content (AvgIpc) is 2.41. The number of benzene rings is 2. The zero-order valence-corrected chi connectivity index (χ0v) is 10.8. The highest BCUT2D eigenvalue weighted by Gasteiger charge is 2.10. The summed E-state index contributed by atoms with van der Waals surface area (Å²) in [7, 11) is 0. The van der Waals surface area contributed by atoms with Gasteiger partial charge in [-0.2, -0.15) is 5.26 Å². The Kier molecular flexibility index (Phi) is 4.39. The molecule has 0 N–H and O–H groups in total. The van der Waals surface area contributed by atoms with E-state index in [1.807, 2.05) is 42.5 Å². The number of hydrogen-bond acceptors (Lipinski definition) is 1. The van der Waals surface area contributed by atoms with Crippen molar-refractivity contribution in [3.05, 3.63) is 70.7 Å². The predicted molar refractivity (Wildman–Crippen MR) is 74.6 cm³/mol. The van der Waals surface area contributed by atoms with Gasteiger partial charge in [0, 0.05) is 5.02 Å². The summed E-state index contributed by atoms with van der Waals surface area (Å²) in [5, 5.41) is 9.94. The summed E-state index contributed by atoms with van der Waals surface area (Å²) in [6, 6.07) is 20.1. The zero-order valence-electron chi connectivity index (χ0n) is 10.0. The number of nitriles is 1. The van der Waals surface area contributed by atoms with Gasteiger partial charge in [0.2, 0.25) is 0 Å². The van der Waals surface area contributed by atoms with Gasteiger partial charge in [0.05, 0.1) is 12.0 Å². The molecule has 2 aromatic rings. The molecule has 0 saturated heterocycles. The fourth-order valence-electron chi connectivity index (χ4n) is 1.98. The van der Waals surface area contributed by atoms with Crippen molar-refractivity contribution in [2.45, 2.75) is 18.8 Å². The molecule has 0 aliphatic rings. The minimum Gasteiger partial charge on any atom is -0.198 e. The maximum absolute atomic E-state index is 9.26. The third-order valence-electron chi connectivity index (χ3n) is 2.97. The van der Waals surface area contributed by atoms with Gasteiger partial charge in [0.25, 0.3) is 0 Å². The minimum atomic E-state index is -0.0936. The maximum atomic E-state index is 9.26. The van der Waals surface area contributed by atoms with Crippen molar-refractivity contribution >= 4 is 11.6 Å². The lowest BCUT2D eigenvalue weighted by molar-refractivity contribution is 0.746. The summed E-state index contributed by atoms with van der Waals surface area (Å²) < 4.78 is 0. The summed E-state index contributed by atoms with van der Waals surface area (Å²) in [5.74, 6) is -0.0936. The Morgan fingerprint density at radius 1 is 1.06 bits per heavy atom. The standard InChI is InChI=1S/C16H14ClN/c17-16-8-4-7-14(11-16)15(12-18)10-9-13-5-2-1-3-6-13/h1-8,11,15H,9-10H2/t15-/m1/s1. The molecule has 18 heavy (non-hydrogen) atoms. The molecule has 0 aliphatic heterocycles. The first-order valence-electron chi connectivity index (χ1n) is 5.98. The van der Waals surface area contributed by atoms with Crippen LogP contribution in [0.1, 0.15) is 23.5 Å². The Labute approximate surface area is 113 Å². The lowest BCUT2D eigenvalue weighted by Crippen LogP contribution is -1.98. The van der Waals surface area contributed by atoms with Crippen LogP contribution >= 0.6 is 11.6 Å². The highest BCUT2D eigenvalue weighted by molar-refractivity contribution is 6.30. The quantitative estimate of drug-likeness (QED) is 0.785. The number of hydrogen-bond donors (Lipinski definition) is 0. The molecule has 0 unspecified atom stereocenters. The summed E-state index contributed by atoms with van der Waals surface area (Å²) in [5.41, 5.74) is 2.26. The Balaban J connectivity index is 2.05. The van der Waals surface area contributed by atoms with Gasteiger partial charge in [0.1, 0.15) is 0 Å². The van der Waals surface area contributed by atoms with Crippen LogP contribution < -0.4 is 0 Å². The molecule has 0 aliphatic carbocycles. The van der Waals surface area contributed by atoms with Crippen LogP contribution in [0.15, 0.2) is 54.6 Å². The van der Waals surface area contributed by atoms with Gasteiger partial charge in [-0.3, -0.25) is 0 Å². The van der Waals surface area contributed by atoms with E-state index in [4.69, 9.17) is 11.6 Å². The van der Waals surface area contributed by atoms with Crippen LogP contribution in [0, 0.1) is 11.3 Å². The van der Waals surface area contributed by atoms with Crippen LogP contribution in [0.5, 0.6) is 0 Å². The van der Waals surface area contributed by atoms with E-state index in [0.717, 1.165) is 18.4 Å². The summed E-state index contributed by atoms with van der Waals surface area (Å²) >= 11 is 5.95. The number of rotatable bonds is 4. The third kappa shape index (κ3) is 3.35. The molecule has 0 heterocycles. The van der Waals surface area contributed by atoms with Crippen LogP contribution in [0.2, 0.25) is 5.02 Å². The highest BCUT2D eigenvalue weighted by atomic mass is 35.5. The van der Waals surface area contributed by atoms with E-state index >= 15 is 0 Å². The van der Waals surface area contributed by atoms with Crippen molar-refractivity contribution in [2.75, 3.05) is 0 Å². The lowest BCUT2D eigenvalue weighted by Gasteiger charge is -2.09. The summed E-state index contributed by atoms with van der Waals surface area (Å²) in [6.07, 6.45) is 1.73. The molecule has 0 fully saturated rings. The molecule has 0 spiro atoms. The second-order valence-corrected chi connectivity index (χ2v) is 4.70. The molecular formula is C16H14ClN. The van der Waals surface area contributed by atoms with Gasteiger partial charge in [-0.15, -0.1) is 0 Å². The summed E-state index contributed by atoms with van der Waals surface area (Å²) in [4.78, 5) is 0. The Morgan fingerprint density at radius 3 is 2.50 bits per heavy atom. The van der Waals surface area contributed by atoms with E-state index in [1.165, 1.54) is 5.56 Å². The fourth-order valence-corrected chi connectivity index (χ4v) is 2.18. The van der Waals surface area contributed by atoms with Crippen LogP contribution in [-0.2, 0) is 6.42 Å². The van der Waals surface area contributed by atoms with Crippen LogP contribution in [0.4, 0.5) is 0 Å². The SMILES string of the molecule is N#C[C@@H](CCc1ccccc1)c1cccc(Cl)c1. The Bertz CT molecular complexity index is 543. The molecular weight excluding hydrogens is 242 g/mol. The van der Waals surface area contributed by atoms with Crippen molar-refractivity contribution in [2.24, 2.45) is 0 Å². The molecule has 2 aromatic carbocycles. The van der Waals surface area contributed by atoms with E-state index in [-0.39, 0.29) is 5.92 Å². The van der Waals surface area contributed by atoms with E-state index in [0.29, 0.717) is 5.02 Å². The van der Waals surface area contributed by atoms with Gasteiger partial charge in [-0.1, -0.05) is 54.1 Å². The van der Waals surface area contributed by atoms with Crippen LogP contribution in [-0.4, -0.2) is 0 Å². The third-order valence-corrected chi connectivity index (χ3v) is 3.21. The largest absolute Gasteiger partial charge is 0.198 e. The van der Waals surface area contributed by atoms with Gasteiger partial charge < -0.3 is 0 Å². The molecule has 0 aromatic heterocycles. The fraction of sp³-hybridized carbons (Fsp3) is 0.188. The maximum Gasteiger partial charge on any atom is 0.0716 e. The van der Waals surface area contributed by atoms with Crippen molar-refractivity contribution < 1.29 is 0 Å². The average molecular weight is 256 g/mol. The van der Waals surface area contributed by atoms with Gasteiger partial charge >= 0.3 is 0 Å². The molecule has 1 nitrogen and oxygen atoms in total. The van der Waals surface area contributed by atoms with E-state index < -0.39 is 0 Å². The van der Waals surface area contributed by atoms with E-state index in [2.05, 4.69) is 18.2 Å². The molecule has 0 saturated carbocycles. The molecule has 2 rings (SSSR count). The second kappa shape index (κ2) is 6.23. The Morgan fingerprint density at radius 2 is 1.83 bits per heavy atom.